The lowest BCUT2D eigenvalue weighted by molar-refractivity contribution is -0.261. The molecule has 1 fully saturated rings. The smallest absolute Gasteiger partial charge is 0.422 e. The van der Waals surface area contributed by atoms with Crippen molar-refractivity contribution in [2.75, 3.05) is 25.5 Å². The van der Waals surface area contributed by atoms with Crippen molar-refractivity contribution in [1.29, 1.82) is 0 Å². The number of pyridine rings is 1. The highest BCUT2D eigenvalue weighted by molar-refractivity contribution is 5.68. The molecule has 1 saturated heterocycles. The largest absolute Gasteiger partial charge is 0.495 e. The Morgan fingerprint density at radius 1 is 1.15 bits per heavy atom. The number of anilines is 1. The molecule has 10 nitrogen and oxygen atoms in total. The minimum absolute atomic E-state index is 0.0554. The van der Waals surface area contributed by atoms with Gasteiger partial charge in [-0.1, -0.05) is 0 Å². The molecule has 0 bridgehead atoms. The lowest BCUT2D eigenvalue weighted by Crippen LogP contribution is -2.52. The van der Waals surface area contributed by atoms with Gasteiger partial charge in [0, 0.05) is 25.2 Å². The highest BCUT2D eigenvalue weighted by Crippen LogP contribution is 2.42. The third-order valence-corrected chi connectivity index (χ3v) is 6.37. The summed E-state index contributed by atoms with van der Waals surface area (Å²) in [6, 6.07) is 0.366. The van der Waals surface area contributed by atoms with Crippen LogP contribution >= 0.6 is 0 Å². The number of likely N-dealkylation sites (tertiary alicyclic amines) is 1. The van der Waals surface area contributed by atoms with Gasteiger partial charge < -0.3 is 24.8 Å². The van der Waals surface area contributed by atoms with Crippen LogP contribution in [0.4, 0.5) is 37.0 Å². The number of alkyl halides is 4. The Hall–Kier alpha value is -3.82. The molecule has 41 heavy (non-hydrogen) atoms. The van der Waals surface area contributed by atoms with E-state index in [1.807, 2.05) is 0 Å². The summed E-state index contributed by atoms with van der Waals surface area (Å²) in [7, 11) is 1.07. The molecule has 3 aromatic rings. The summed E-state index contributed by atoms with van der Waals surface area (Å²) in [5.74, 6) is -3.41. The fraction of sp³-hybridized carbons (Fsp3) is 0.520. The minimum atomic E-state index is -5.16. The lowest BCUT2D eigenvalue weighted by atomic mass is 10.0. The molecule has 0 radical (unpaired) electrons. The second-order valence-corrected chi connectivity index (χ2v) is 10.7. The van der Waals surface area contributed by atoms with Gasteiger partial charge in [-0.3, -0.25) is 0 Å². The number of carbonyl (C=O) groups is 1. The van der Waals surface area contributed by atoms with E-state index in [4.69, 9.17) is 9.47 Å². The van der Waals surface area contributed by atoms with Crippen LogP contribution < -0.4 is 10.1 Å². The van der Waals surface area contributed by atoms with E-state index in [0.29, 0.717) is 13.0 Å². The molecule has 16 heteroatoms. The topological polar surface area (TPSA) is 114 Å². The van der Waals surface area contributed by atoms with E-state index in [-0.39, 0.29) is 30.9 Å². The van der Waals surface area contributed by atoms with Crippen molar-refractivity contribution in [3.05, 3.63) is 35.7 Å². The number of imidazole rings is 1. The standard InChI is InChI=1S/C25H28F6N6O4/c1-23(2,3)41-22(38)36-7-6-12(26)15(11-36)33-21-14(28)8-13(27)19(34-21)16-10-32-18-9-17(40-5)20(35-37(16)18)24(4,39)25(29,30)31/h8-10,12,15,39H,6-7,11H2,1-5H3,(H,33,34)/t12-,15-,24?/m0/s1. The minimum Gasteiger partial charge on any atom is -0.495 e. The first kappa shape index (κ1) is 30.1. The molecular weight excluding hydrogens is 562 g/mol. The Morgan fingerprint density at radius 2 is 1.83 bits per heavy atom. The predicted octanol–water partition coefficient (Wildman–Crippen LogP) is 4.61. The van der Waals surface area contributed by atoms with Gasteiger partial charge in [0.15, 0.2) is 23.1 Å². The van der Waals surface area contributed by atoms with Gasteiger partial charge in [0.2, 0.25) is 5.60 Å². The molecule has 2 N–H and O–H groups in total. The maximum absolute atomic E-state index is 15.0. The molecule has 0 aromatic carbocycles. The second kappa shape index (κ2) is 10.5. The number of ether oxygens (including phenoxy) is 2. The average molecular weight is 591 g/mol. The summed E-state index contributed by atoms with van der Waals surface area (Å²) in [5, 5.41) is 16.6. The summed E-state index contributed by atoms with van der Waals surface area (Å²) in [5.41, 5.74) is -6.17. The second-order valence-electron chi connectivity index (χ2n) is 10.7. The SMILES string of the molecule is COc1cc2ncc(-c3nc(N[C@H]4CN(C(=O)OC(C)(C)C)CC[C@@H]4F)c(F)cc3F)n2nc1C(C)(O)C(F)(F)F. The van der Waals surface area contributed by atoms with Crippen molar-refractivity contribution in [3.63, 3.8) is 0 Å². The van der Waals surface area contributed by atoms with Crippen molar-refractivity contribution >= 4 is 17.6 Å². The normalized spacial score (nSPS) is 19.7. The zero-order chi connectivity index (χ0) is 30.5. The molecule has 1 amide bonds. The first-order valence-electron chi connectivity index (χ1n) is 12.4. The zero-order valence-corrected chi connectivity index (χ0v) is 22.7. The van der Waals surface area contributed by atoms with E-state index in [9.17, 15) is 36.2 Å². The maximum atomic E-state index is 15.0. The Kier molecular flexibility index (Phi) is 7.75. The van der Waals surface area contributed by atoms with E-state index in [2.05, 4.69) is 20.4 Å². The number of hydrogen-bond donors (Lipinski definition) is 2. The van der Waals surface area contributed by atoms with E-state index >= 15 is 0 Å². The number of nitrogens with one attached hydrogen (secondary N) is 1. The Morgan fingerprint density at radius 3 is 2.44 bits per heavy atom. The molecule has 4 heterocycles. The quantitative estimate of drug-likeness (QED) is 0.415. The van der Waals surface area contributed by atoms with E-state index in [1.165, 1.54) is 4.90 Å². The van der Waals surface area contributed by atoms with E-state index in [1.54, 1.807) is 20.8 Å². The number of carbonyl (C=O) groups excluding carboxylic acids is 1. The predicted molar refractivity (Wildman–Crippen MR) is 133 cm³/mol. The van der Waals surface area contributed by atoms with Gasteiger partial charge in [0.1, 0.15) is 34.6 Å². The average Bonchev–Trinajstić information content (AvgIpc) is 3.26. The van der Waals surface area contributed by atoms with Crippen molar-refractivity contribution in [2.45, 2.75) is 63.7 Å². The van der Waals surface area contributed by atoms with Gasteiger partial charge in [-0.2, -0.15) is 18.3 Å². The van der Waals surface area contributed by atoms with Gasteiger partial charge in [-0.05, 0) is 34.1 Å². The van der Waals surface area contributed by atoms with Crippen LogP contribution in [0.3, 0.4) is 0 Å². The molecule has 0 aliphatic carbocycles. The molecule has 1 unspecified atom stereocenters. The monoisotopic (exact) mass is 590 g/mol. The van der Waals surface area contributed by atoms with Gasteiger partial charge in [-0.15, -0.1) is 0 Å². The molecule has 4 rings (SSSR count). The van der Waals surface area contributed by atoms with Gasteiger partial charge >= 0.3 is 12.3 Å². The third kappa shape index (κ3) is 5.96. The van der Waals surface area contributed by atoms with Crippen LogP contribution in [-0.2, 0) is 10.3 Å². The van der Waals surface area contributed by atoms with Crippen molar-refractivity contribution < 1.29 is 45.7 Å². The number of rotatable bonds is 5. The number of amides is 1. The van der Waals surface area contributed by atoms with Crippen LogP contribution in [-0.4, -0.2) is 79.9 Å². The first-order chi connectivity index (χ1) is 18.9. The van der Waals surface area contributed by atoms with Crippen LogP contribution in [0.2, 0.25) is 0 Å². The van der Waals surface area contributed by atoms with E-state index < -0.39 is 70.3 Å². The van der Waals surface area contributed by atoms with Crippen molar-refractivity contribution in [1.82, 2.24) is 24.5 Å². The molecular formula is C25H28F6N6O4. The summed E-state index contributed by atoms with van der Waals surface area (Å²) in [6.07, 6.45) is -6.44. The highest BCUT2D eigenvalue weighted by Gasteiger charge is 2.54. The molecule has 1 aliphatic heterocycles. The number of fused-ring (bicyclic) bond motifs is 1. The molecule has 0 spiro atoms. The first-order valence-corrected chi connectivity index (χ1v) is 12.4. The van der Waals surface area contributed by atoms with Crippen molar-refractivity contribution in [2.24, 2.45) is 0 Å². The zero-order valence-electron chi connectivity index (χ0n) is 22.7. The molecule has 224 valence electrons. The third-order valence-electron chi connectivity index (χ3n) is 6.37. The molecule has 0 saturated carbocycles. The number of piperidine rings is 1. The molecule has 3 aromatic heterocycles. The van der Waals surface area contributed by atoms with Gasteiger partial charge in [-0.25, -0.2) is 32.4 Å². The molecule has 3 atom stereocenters. The number of hydrogen-bond acceptors (Lipinski definition) is 8. The van der Waals surface area contributed by atoms with E-state index in [0.717, 1.165) is 23.9 Å². The maximum Gasteiger partial charge on any atom is 0.422 e. The number of methoxy groups -OCH3 is 1. The Balaban J connectivity index is 1.72. The summed E-state index contributed by atoms with van der Waals surface area (Å²) < 4.78 is 96.4. The fourth-order valence-electron chi connectivity index (χ4n) is 4.16. The van der Waals surface area contributed by atoms with Crippen LogP contribution in [0, 0.1) is 11.6 Å². The lowest BCUT2D eigenvalue weighted by Gasteiger charge is -2.36. The summed E-state index contributed by atoms with van der Waals surface area (Å²) in [6.45, 7) is 5.31. The van der Waals surface area contributed by atoms with Gasteiger partial charge in [0.25, 0.3) is 0 Å². The van der Waals surface area contributed by atoms with Crippen LogP contribution in [0.15, 0.2) is 18.3 Å². The number of halogens is 6. The molecule has 1 aliphatic rings. The number of aromatic nitrogens is 4. The summed E-state index contributed by atoms with van der Waals surface area (Å²) in [4.78, 5) is 21.6. The fourth-order valence-corrected chi connectivity index (χ4v) is 4.16. The van der Waals surface area contributed by atoms with Crippen molar-refractivity contribution in [3.8, 4) is 17.1 Å². The van der Waals surface area contributed by atoms with Gasteiger partial charge in [0.05, 0.1) is 19.3 Å². The highest BCUT2D eigenvalue weighted by atomic mass is 19.4. The van der Waals surface area contributed by atoms with Crippen LogP contribution in [0.25, 0.3) is 17.0 Å². The Bertz CT molecular complexity index is 1460. The van der Waals surface area contributed by atoms with Crippen LogP contribution in [0.5, 0.6) is 5.75 Å². The number of aliphatic hydroxyl groups is 1. The number of nitrogens with zero attached hydrogens (tertiary/aromatic N) is 5. The summed E-state index contributed by atoms with van der Waals surface area (Å²) >= 11 is 0. The van der Waals surface area contributed by atoms with Crippen LogP contribution in [0.1, 0.15) is 39.8 Å². The Labute approximate surface area is 230 Å².